The average molecular weight is 217 g/mol. The molecule has 0 fully saturated rings. The van der Waals surface area contributed by atoms with Crippen LogP contribution in [0, 0.1) is 0 Å². The van der Waals surface area contributed by atoms with E-state index in [1.165, 1.54) is 11.1 Å². The fraction of sp³-hybridized carbons (Fsp3) is 0.462. The van der Waals surface area contributed by atoms with E-state index in [4.69, 9.17) is 0 Å². The molecule has 86 valence electrons. The lowest BCUT2D eigenvalue weighted by molar-refractivity contribution is 0.726. The molecule has 0 saturated heterocycles. The van der Waals surface area contributed by atoms with Gasteiger partial charge in [0.25, 0.3) is 0 Å². The van der Waals surface area contributed by atoms with Crippen LogP contribution in [-0.4, -0.2) is 23.1 Å². The van der Waals surface area contributed by atoms with Gasteiger partial charge in [-0.15, -0.1) is 0 Å². The van der Waals surface area contributed by atoms with Gasteiger partial charge in [0.15, 0.2) is 0 Å². The second-order valence-electron chi connectivity index (χ2n) is 4.12. The fourth-order valence-corrected chi connectivity index (χ4v) is 1.98. The molecule has 0 radical (unpaired) electrons. The number of aromatic nitrogens is 2. The Bertz CT molecular complexity index is 485. The summed E-state index contributed by atoms with van der Waals surface area (Å²) in [5.74, 6) is 1.15. The summed E-state index contributed by atoms with van der Waals surface area (Å²) in [4.78, 5) is 4.68. The van der Waals surface area contributed by atoms with Crippen LogP contribution in [-0.2, 0) is 19.9 Å². The van der Waals surface area contributed by atoms with Gasteiger partial charge in [0, 0.05) is 20.0 Å². The number of rotatable bonds is 4. The van der Waals surface area contributed by atoms with Crippen LogP contribution in [0.2, 0.25) is 0 Å². The number of imidazole rings is 1. The van der Waals surface area contributed by atoms with Gasteiger partial charge in [-0.05, 0) is 31.2 Å². The van der Waals surface area contributed by atoms with E-state index < -0.39 is 0 Å². The molecule has 1 heterocycles. The first-order valence-electron chi connectivity index (χ1n) is 5.85. The molecule has 1 N–H and O–H groups in total. The molecule has 0 aliphatic rings. The summed E-state index contributed by atoms with van der Waals surface area (Å²) >= 11 is 0. The fourth-order valence-electron chi connectivity index (χ4n) is 1.98. The number of nitrogens with zero attached hydrogens (tertiary/aromatic N) is 2. The van der Waals surface area contributed by atoms with Crippen molar-refractivity contribution in [1.82, 2.24) is 14.9 Å². The van der Waals surface area contributed by atoms with Gasteiger partial charge in [-0.25, -0.2) is 4.98 Å². The number of fused-ring (bicyclic) bond motifs is 1. The summed E-state index contributed by atoms with van der Waals surface area (Å²) in [7, 11) is 4.06. The smallest absolute Gasteiger partial charge is 0.110 e. The first-order chi connectivity index (χ1) is 7.76. The van der Waals surface area contributed by atoms with Crippen molar-refractivity contribution in [2.45, 2.75) is 19.8 Å². The van der Waals surface area contributed by atoms with E-state index >= 15 is 0 Å². The van der Waals surface area contributed by atoms with E-state index in [9.17, 15) is 0 Å². The lowest BCUT2D eigenvalue weighted by atomic mass is 10.1. The monoisotopic (exact) mass is 217 g/mol. The number of likely N-dealkylation sites (N-methyl/N-ethyl adjacent to an activating group) is 1. The molecule has 0 atom stereocenters. The van der Waals surface area contributed by atoms with Crippen LogP contribution < -0.4 is 5.32 Å². The van der Waals surface area contributed by atoms with Crippen molar-refractivity contribution >= 4 is 11.0 Å². The first-order valence-corrected chi connectivity index (χ1v) is 5.85. The van der Waals surface area contributed by atoms with Gasteiger partial charge < -0.3 is 9.88 Å². The normalized spacial score (nSPS) is 11.2. The van der Waals surface area contributed by atoms with Gasteiger partial charge in [-0.2, -0.15) is 0 Å². The Labute approximate surface area is 96.5 Å². The van der Waals surface area contributed by atoms with Crippen LogP contribution in [0.4, 0.5) is 0 Å². The van der Waals surface area contributed by atoms with E-state index in [0.29, 0.717) is 0 Å². The molecule has 16 heavy (non-hydrogen) atoms. The molecule has 0 saturated carbocycles. The maximum atomic E-state index is 4.68. The molecule has 1 aromatic heterocycles. The van der Waals surface area contributed by atoms with Crippen LogP contribution in [0.5, 0.6) is 0 Å². The Morgan fingerprint density at radius 1 is 1.38 bits per heavy atom. The number of hydrogen-bond donors (Lipinski definition) is 1. The minimum Gasteiger partial charge on any atom is -0.331 e. The van der Waals surface area contributed by atoms with E-state index in [1.54, 1.807) is 0 Å². The molecule has 2 rings (SSSR count). The van der Waals surface area contributed by atoms with Crippen molar-refractivity contribution in [3.05, 3.63) is 29.6 Å². The third-order valence-electron chi connectivity index (χ3n) is 3.04. The van der Waals surface area contributed by atoms with Crippen LogP contribution in [0.25, 0.3) is 11.0 Å². The van der Waals surface area contributed by atoms with E-state index in [2.05, 4.69) is 47.0 Å². The Morgan fingerprint density at radius 3 is 2.88 bits per heavy atom. The molecular weight excluding hydrogens is 198 g/mol. The first kappa shape index (κ1) is 11.1. The van der Waals surface area contributed by atoms with Crippen molar-refractivity contribution in [2.24, 2.45) is 7.05 Å². The second kappa shape index (κ2) is 4.66. The highest BCUT2D eigenvalue weighted by Gasteiger charge is 2.07. The number of aryl methyl sites for hydroxylation is 2. The van der Waals surface area contributed by atoms with Crippen molar-refractivity contribution < 1.29 is 0 Å². The Kier molecular flexibility index (Phi) is 3.25. The molecule has 0 aliphatic carbocycles. The Balaban J connectivity index is 2.41. The minimum atomic E-state index is 0.970. The topological polar surface area (TPSA) is 29.9 Å². The molecule has 0 aliphatic heterocycles. The molecule has 0 amide bonds. The number of hydrogen-bond acceptors (Lipinski definition) is 2. The van der Waals surface area contributed by atoms with Crippen molar-refractivity contribution in [3.63, 3.8) is 0 Å². The molecular formula is C13H19N3. The van der Waals surface area contributed by atoms with Crippen molar-refractivity contribution in [1.29, 1.82) is 0 Å². The number of benzene rings is 1. The molecule has 1 aromatic carbocycles. The third kappa shape index (κ3) is 1.95. The highest BCUT2D eigenvalue weighted by Crippen LogP contribution is 2.17. The van der Waals surface area contributed by atoms with Crippen LogP contribution in [0.15, 0.2) is 18.2 Å². The van der Waals surface area contributed by atoms with E-state index in [0.717, 1.165) is 30.7 Å². The van der Waals surface area contributed by atoms with Gasteiger partial charge >= 0.3 is 0 Å². The predicted octanol–water partition coefficient (Wildman–Crippen LogP) is 1.90. The average Bonchev–Trinajstić information content (AvgIpc) is 2.63. The lowest BCUT2D eigenvalue weighted by Gasteiger charge is -2.01. The van der Waals surface area contributed by atoms with Crippen LogP contribution in [0.3, 0.4) is 0 Å². The summed E-state index contributed by atoms with van der Waals surface area (Å²) < 4.78 is 2.19. The highest BCUT2D eigenvalue weighted by molar-refractivity contribution is 5.76. The second-order valence-corrected chi connectivity index (χ2v) is 4.12. The molecule has 3 nitrogen and oxygen atoms in total. The zero-order chi connectivity index (χ0) is 11.5. The number of nitrogens with one attached hydrogen (secondary N) is 1. The Morgan fingerprint density at radius 2 is 2.19 bits per heavy atom. The van der Waals surface area contributed by atoms with E-state index in [-0.39, 0.29) is 0 Å². The van der Waals surface area contributed by atoms with Gasteiger partial charge in [0.05, 0.1) is 11.0 Å². The van der Waals surface area contributed by atoms with Crippen LogP contribution in [0.1, 0.15) is 18.3 Å². The molecule has 2 aromatic rings. The molecule has 0 unspecified atom stereocenters. The van der Waals surface area contributed by atoms with Gasteiger partial charge in [-0.3, -0.25) is 0 Å². The van der Waals surface area contributed by atoms with Crippen molar-refractivity contribution in [3.8, 4) is 0 Å². The minimum absolute atomic E-state index is 0.970. The summed E-state index contributed by atoms with van der Waals surface area (Å²) in [6, 6.07) is 6.55. The van der Waals surface area contributed by atoms with Crippen molar-refractivity contribution in [2.75, 3.05) is 13.6 Å². The predicted molar refractivity (Wildman–Crippen MR) is 67.7 cm³/mol. The summed E-state index contributed by atoms with van der Waals surface area (Å²) in [6.07, 6.45) is 2.04. The highest BCUT2D eigenvalue weighted by atomic mass is 15.1. The third-order valence-corrected chi connectivity index (χ3v) is 3.04. The summed E-state index contributed by atoms with van der Waals surface area (Å²) in [6.45, 7) is 3.14. The Hall–Kier alpha value is -1.35. The zero-order valence-corrected chi connectivity index (χ0v) is 10.2. The quantitative estimate of drug-likeness (QED) is 0.847. The maximum Gasteiger partial charge on any atom is 0.110 e. The standard InChI is InChI=1S/C13H19N3/c1-4-10-5-6-12-11(9-10)15-13(16(12)3)7-8-14-2/h5-6,9,14H,4,7-8H2,1-3H3. The van der Waals surface area contributed by atoms with E-state index in [1.807, 2.05) is 7.05 Å². The van der Waals surface area contributed by atoms with Crippen LogP contribution >= 0.6 is 0 Å². The lowest BCUT2D eigenvalue weighted by Crippen LogP contribution is -2.12. The summed E-state index contributed by atoms with van der Waals surface area (Å²) in [5.41, 5.74) is 3.70. The van der Waals surface area contributed by atoms with Gasteiger partial charge in [0.1, 0.15) is 5.82 Å². The molecule has 3 heteroatoms. The maximum absolute atomic E-state index is 4.68. The zero-order valence-electron chi connectivity index (χ0n) is 10.2. The van der Waals surface area contributed by atoms with Gasteiger partial charge in [0.2, 0.25) is 0 Å². The van der Waals surface area contributed by atoms with Gasteiger partial charge in [-0.1, -0.05) is 13.0 Å². The molecule has 0 bridgehead atoms. The SMILES string of the molecule is CCc1ccc2c(c1)nc(CCNC)n2C. The summed E-state index contributed by atoms with van der Waals surface area (Å²) in [5, 5.41) is 3.16. The molecule has 0 spiro atoms. The largest absolute Gasteiger partial charge is 0.331 e.